The van der Waals surface area contributed by atoms with Crippen LogP contribution in [0.5, 0.6) is 0 Å². The summed E-state index contributed by atoms with van der Waals surface area (Å²) in [6.45, 7) is 2.81. The van der Waals surface area contributed by atoms with E-state index in [4.69, 9.17) is 0 Å². The van der Waals surface area contributed by atoms with Crippen molar-refractivity contribution in [2.75, 3.05) is 0 Å². The predicted octanol–water partition coefficient (Wildman–Crippen LogP) is -5.21. The van der Waals surface area contributed by atoms with Crippen LogP contribution >= 0.6 is 0 Å². The standard InChI is InChI=1S/C5H8O2.2Li.2H/c1-4(6)3-5(2)7;;;;/h3H2,1-2H3;;;;/q;2*+1;2*-1. The Balaban J connectivity index is -0.0000000300. The Morgan fingerprint density at radius 2 is 1.33 bits per heavy atom. The molecule has 0 aliphatic rings. The van der Waals surface area contributed by atoms with Crippen LogP contribution in [-0.2, 0) is 9.59 Å². The van der Waals surface area contributed by atoms with E-state index < -0.39 is 0 Å². The molecule has 0 rings (SSSR count). The van der Waals surface area contributed by atoms with Gasteiger partial charge in [0.2, 0.25) is 0 Å². The zero-order chi connectivity index (χ0) is 5.86. The SMILES string of the molecule is CC(=O)CC(C)=O.[H-].[H-].[Li+].[Li+]. The number of hydrogen-bond acceptors (Lipinski definition) is 2. The van der Waals surface area contributed by atoms with Gasteiger partial charge in [-0.15, -0.1) is 0 Å². The minimum atomic E-state index is -0.0625. The molecule has 0 amide bonds. The predicted molar refractivity (Wildman–Crippen MR) is 28.2 cm³/mol. The fraction of sp³-hybridized carbons (Fsp3) is 0.600. The van der Waals surface area contributed by atoms with E-state index in [9.17, 15) is 9.59 Å². The number of ketones is 2. The number of Topliss-reactive ketones (excluding diaryl/α,β-unsaturated/α-hetero) is 2. The third-order valence-corrected chi connectivity index (χ3v) is 0.498. The van der Waals surface area contributed by atoms with E-state index in [0.717, 1.165) is 0 Å². The quantitative estimate of drug-likeness (QED) is 0.267. The molecule has 0 aliphatic heterocycles. The number of carbonyl (C=O) groups is 2. The van der Waals surface area contributed by atoms with Gasteiger partial charge in [0, 0.05) is 0 Å². The van der Waals surface area contributed by atoms with Crippen molar-refractivity contribution in [2.45, 2.75) is 20.3 Å². The van der Waals surface area contributed by atoms with E-state index in [2.05, 4.69) is 0 Å². The third kappa shape index (κ3) is 17.7. The number of carbonyl (C=O) groups excluding carboxylic acids is 2. The second kappa shape index (κ2) is 8.53. The largest absolute Gasteiger partial charge is 1.00 e. The molecule has 44 valence electrons. The van der Waals surface area contributed by atoms with Crippen LogP contribution in [0, 0.1) is 0 Å². The van der Waals surface area contributed by atoms with Gasteiger partial charge in [-0.2, -0.15) is 0 Å². The first-order chi connectivity index (χ1) is 3.13. The molecule has 2 nitrogen and oxygen atoms in total. The number of rotatable bonds is 2. The number of hydrogen-bond donors (Lipinski definition) is 0. The smallest absolute Gasteiger partial charge is 1.00 e. The zero-order valence-corrected chi connectivity index (χ0v) is 6.52. The van der Waals surface area contributed by atoms with E-state index in [1.807, 2.05) is 0 Å². The van der Waals surface area contributed by atoms with Crippen molar-refractivity contribution in [3.63, 3.8) is 0 Å². The van der Waals surface area contributed by atoms with Crippen molar-refractivity contribution >= 4 is 11.6 Å². The summed E-state index contributed by atoms with van der Waals surface area (Å²) in [5.74, 6) is -0.125. The van der Waals surface area contributed by atoms with Crippen molar-refractivity contribution in [3.8, 4) is 0 Å². The summed E-state index contributed by atoms with van der Waals surface area (Å²) in [7, 11) is 0. The summed E-state index contributed by atoms with van der Waals surface area (Å²) in [4.78, 5) is 20.1. The van der Waals surface area contributed by atoms with Crippen molar-refractivity contribution in [2.24, 2.45) is 0 Å². The molecule has 0 heterocycles. The minimum absolute atomic E-state index is 0. The maximum atomic E-state index is 10.0. The zero-order valence-electron chi connectivity index (χ0n) is 8.52. The first kappa shape index (κ1) is 16.3. The molecule has 0 spiro atoms. The molecular formula is C5H10Li2O2. The maximum absolute atomic E-state index is 10.0. The van der Waals surface area contributed by atoms with Crippen molar-refractivity contribution < 1.29 is 50.2 Å². The summed E-state index contributed by atoms with van der Waals surface area (Å²) in [6, 6.07) is 0. The monoisotopic (exact) mass is 116 g/mol. The third-order valence-electron chi connectivity index (χ3n) is 0.498. The van der Waals surface area contributed by atoms with Crippen LogP contribution in [0.2, 0.25) is 0 Å². The summed E-state index contributed by atoms with van der Waals surface area (Å²) in [5.41, 5.74) is 0. The Morgan fingerprint density at radius 3 is 1.33 bits per heavy atom. The van der Waals surface area contributed by atoms with Gasteiger partial charge in [-0.3, -0.25) is 9.59 Å². The summed E-state index contributed by atoms with van der Waals surface area (Å²) >= 11 is 0. The van der Waals surface area contributed by atoms with Gasteiger partial charge in [-0.25, -0.2) is 0 Å². The average Bonchev–Trinajstić information content (AvgIpc) is 1.27. The molecule has 0 atom stereocenters. The van der Waals surface area contributed by atoms with Crippen LogP contribution in [0.15, 0.2) is 0 Å². The molecule has 0 aromatic rings. The second-order valence-corrected chi connectivity index (χ2v) is 1.58. The van der Waals surface area contributed by atoms with Crippen LogP contribution in [-0.4, -0.2) is 11.6 Å². The summed E-state index contributed by atoms with van der Waals surface area (Å²) in [6.07, 6.45) is 0.0833. The molecule has 0 saturated carbocycles. The summed E-state index contributed by atoms with van der Waals surface area (Å²) < 4.78 is 0. The molecule has 0 N–H and O–H groups in total. The van der Waals surface area contributed by atoms with Gasteiger partial charge in [0.1, 0.15) is 11.6 Å². The average molecular weight is 116 g/mol. The van der Waals surface area contributed by atoms with E-state index in [1.165, 1.54) is 13.8 Å². The molecule has 0 aromatic carbocycles. The summed E-state index contributed by atoms with van der Waals surface area (Å²) in [5, 5.41) is 0. The first-order valence-electron chi connectivity index (χ1n) is 2.12. The molecular weight excluding hydrogens is 106 g/mol. The van der Waals surface area contributed by atoms with E-state index in [1.54, 1.807) is 0 Å². The maximum Gasteiger partial charge on any atom is 1.00 e. The normalized spacial score (nSPS) is 6.44. The Kier molecular flexibility index (Phi) is 15.4. The fourth-order valence-corrected chi connectivity index (χ4v) is 0.351. The Morgan fingerprint density at radius 1 is 1.11 bits per heavy atom. The molecule has 9 heavy (non-hydrogen) atoms. The molecule has 0 fully saturated rings. The van der Waals surface area contributed by atoms with E-state index >= 15 is 0 Å². The fourth-order valence-electron chi connectivity index (χ4n) is 0.351. The van der Waals surface area contributed by atoms with Gasteiger partial charge < -0.3 is 2.85 Å². The van der Waals surface area contributed by atoms with Crippen molar-refractivity contribution in [1.29, 1.82) is 0 Å². The Labute approximate surface area is 82.1 Å². The van der Waals surface area contributed by atoms with Gasteiger partial charge in [0.05, 0.1) is 6.42 Å². The second-order valence-electron chi connectivity index (χ2n) is 1.58. The van der Waals surface area contributed by atoms with Crippen LogP contribution in [0.25, 0.3) is 0 Å². The van der Waals surface area contributed by atoms with Crippen molar-refractivity contribution in [1.82, 2.24) is 0 Å². The van der Waals surface area contributed by atoms with Gasteiger partial charge in [-0.1, -0.05) is 0 Å². The molecule has 0 aromatic heterocycles. The molecule has 0 saturated heterocycles. The molecule has 0 aliphatic carbocycles. The van der Waals surface area contributed by atoms with Gasteiger partial charge in [0.15, 0.2) is 0 Å². The van der Waals surface area contributed by atoms with Crippen molar-refractivity contribution in [3.05, 3.63) is 0 Å². The Hall–Kier alpha value is 0.535. The van der Waals surface area contributed by atoms with Crippen LogP contribution in [0.3, 0.4) is 0 Å². The molecule has 0 bridgehead atoms. The molecule has 4 heteroatoms. The minimum Gasteiger partial charge on any atom is -1.00 e. The van der Waals surface area contributed by atoms with E-state index in [-0.39, 0.29) is 58.6 Å². The van der Waals surface area contributed by atoms with Gasteiger partial charge in [0.25, 0.3) is 0 Å². The molecule has 0 unspecified atom stereocenters. The van der Waals surface area contributed by atoms with Crippen LogP contribution in [0.4, 0.5) is 0 Å². The topological polar surface area (TPSA) is 34.1 Å². The van der Waals surface area contributed by atoms with Gasteiger partial charge >= 0.3 is 37.7 Å². The van der Waals surface area contributed by atoms with E-state index in [0.29, 0.717) is 0 Å². The first-order valence-corrected chi connectivity index (χ1v) is 2.12. The van der Waals surface area contributed by atoms with Crippen LogP contribution in [0.1, 0.15) is 23.1 Å². The van der Waals surface area contributed by atoms with Gasteiger partial charge in [-0.05, 0) is 13.8 Å². The Bertz CT molecular complexity index is 96.7. The van der Waals surface area contributed by atoms with Crippen LogP contribution < -0.4 is 37.7 Å². The molecule has 0 radical (unpaired) electrons.